The molecule has 10 heteroatoms. The Balaban J connectivity index is 1.52. The predicted molar refractivity (Wildman–Crippen MR) is 118 cm³/mol. The van der Waals surface area contributed by atoms with E-state index >= 15 is 0 Å². The van der Waals surface area contributed by atoms with Crippen molar-refractivity contribution in [3.63, 3.8) is 0 Å². The van der Waals surface area contributed by atoms with Gasteiger partial charge in [0.2, 0.25) is 5.91 Å². The molecule has 29 heavy (non-hydrogen) atoms. The van der Waals surface area contributed by atoms with Crippen molar-refractivity contribution in [1.29, 1.82) is 0 Å². The van der Waals surface area contributed by atoms with Gasteiger partial charge in [0, 0.05) is 41.6 Å². The van der Waals surface area contributed by atoms with E-state index in [1.807, 2.05) is 13.8 Å². The molecule has 0 unspecified atom stereocenters. The predicted octanol–water partition coefficient (Wildman–Crippen LogP) is 4.11. The van der Waals surface area contributed by atoms with Gasteiger partial charge in [-0.1, -0.05) is 27.3 Å². The number of piperazine rings is 1. The standard InChI is InChI=1S/C19H20BrN3O4S2/c1-12-10-16(13(2)9-14(12)20)28-11-17(24)21-5-7-22(8-6-21)19(25)15-3-4-18(29-15)23(26)27/h3-4,9-10H,5-8,11H2,1-2H3. The summed E-state index contributed by atoms with van der Waals surface area (Å²) in [6, 6.07) is 6.97. The minimum Gasteiger partial charge on any atom is -0.338 e. The number of nitrogens with zero attached hydrogens (tertiary/aromatic N) is 3. The van der Waals surface area contributed by atoms with Crippen LogP contribution in [0.3, 0.4) is 0 Å². The van der Waals surface area contributed by atoms with Crippen LogP contribution in [0.2, 0.25) is 0 Å². The summed E-state index contributed by atoms with van der Waals surface area (Å²) in [5, 5.41) is 10.8. The van der Waals surface area contributed by atoms with Gasteiger partial charge in [-0.05, 0) is 43.2 Å². The van der Waals surface area contributed by atoms with Crippen LogP contribution in [-0.2, 0) is 4.79 Å². The molecule has 0 saturated carbocycles. The minimum absolute atomic E-state index is 0.0438. The number of aryl methyl sites for hydroxylation is 2. The van der Waals surface area contributed by atoms with Gasteiger partial charge in [-0.15, -0.1) is 11.8 Å². The molecule has 1 aromatic heterocycles. The van der Waals surface area contributed by atoms with Crippen LogP contribution < -0.4 is 0 Å². The number of carbonyl (C=O) groups is 2. The molecule has 2 aromatic rings. The van der Waals surface area contributed by atoms with E-state index in [9.17, 15) is 19.7 Å². The van der Waals surface area contributed by atoms with E-state index in [0.717, 1.165) is 31.8 Å². The fourth-order valence-corrected chi connectivity index (χ4v) is 5.25. The molecule has 7 nitrogen and oxygen atoms in total. The molecule has 1 fully saturated rings. The zero-order chi connectivity index (χ0) is 21.1. The average molecular weight is 498 g/mol. The van der Waals surface area contributed by atoms with E-state index in [0.29, 0.717) is 36.8 Å². The Morgan fingerprint density at radius 1 is 1.14 bits per heavy atom. The number of hydrogen-bond donors (Lipinski definition) is 0. The topological polar surface area (TPSA) is 83.8 Å². The number of hydrogen-bond acceptors (Lipinski definition) is 6. The molecule has 3 rings (SSSR count). The molecule has 0 aliphatic carbocycles. The van der Waals surface area contributed by atoms with Crippen LogP contribution in [0, 0.1) is 24.0 Å². The van der Waals surface area contributed by atoms with Gasteiger partial charge in [-0.25, -0.2) is 0 Å². The second-order valence-electron chi connectivity index (χ2n) is 6.72. The van der Waals surface area contributed by atoms with E-state index in [1.54, 1.807) is 9.80 Å². The summed E-state index contributed by atoms with van der Waals surface area (Å²) in [6.07, 6.45) is 0. The summed E-state index contributed by atoms with van der Waals surface area (Å²) < 4.78 is 1.06. The number of thioether (sulfide) groups is 1. The van der Waals surface area contributed by atoms with E-state index < -0.39 is 4.92 Å². The number of thiophene rings is 1. The third-order valence-electron chi connectivity index (χ3n) is 4.71. The lowest BCUT2D eigenvalue weighted by molar-refractivity contribution is -0.380. The Morgan fingerprint density at radius 3 is 2.41 bits per heavy atom. The zero-order valence-electron chi connectivity index (χ0n) is 16.0. The summed E-state index contributed by atoms with van der Waals surface area (Å²) >= 11 is 5.92. The molecule has 1 aromatic carbocycles. The molecule has 1 aliphatic heterocycles. The number of carbonyl (C=O) groups excluding carboxylic acids is 2. The molecule has 2 heterocycles. The quantitative estimate of drug-likeness (QED) is 0.352. The number of rotatable bonds is 5. The molecule has 0 bridgehead atoms. The van der Waals surface area contributed by atoms with Crippen LogP contribution >= 0.6 is 39.0 Å². The number of amides is 2. The summed E-state index contributed by atoms with van der Waals surface area (Å²) in [4.78, 5) is 40.3. The molecule has 1 saturated heterocycles. The summed E-state index contributed by atoms with van der Waals surface area (Å²) in [5.41, 5.74) is 2.26. The Hall–Kier alpha value is -1.91. The van der Waals surface area contributed by atoms with E-state index in [1.165, 1.54) is 23.9 Å². The van der Waals surface area contributed by atoms with Crippen molar-refractivity contribution in [2.45, 2.75) is 18.7 Å². The number of halogens is 1. The first kappa shape index (κ1) is 21.8. The largest absolute Gasteiger partial charge is 0.338 e. The summed E-state index contributed by atoms with van der Waals surface area (Å²) in [6.45, 7) is 5.84. The maximum absolute atomic E-state index is 12.6. The van der Waals surface area contributed by atoms with Gasteiger partial charge in [0.15, 0.2) is 0 Å². The van der Waals surface area contributed by atoms with Crippen LogP contribution in [0.15, 0.2) is 33.6 Å². The van der Waals surface area contributed by atoms with Crippen molar-refractivity contribution in [2.75, 3.05) is 31.9 Å². The highest BCUT2D eigenvalue weighted by atomic mass is 79.9. The Bertz CT molecular complexity index is 955. The van der Waals surface area contributed by atoms with Crippen LogP contribution in [0.25, 0.3) is 0 Å². The number of benzene rings is 1. The highest BCUT2D eigenvalue weighted by Gasteiger charge is 2.26. The van der Waals surface area contributed by atoms with Crippen molar-refractivity contribution in [2.24, 2.45) is 0 Å². The molecule has 154 valence electrons. The van der Waals surface area contributed by atoms with Gasteiger partial charge < -0.3 is 9.80 Å². The fraction of sp³-hybridized carbons (Fsp3) is 0.368. The lowest BCUT2D eigenvalue weighted by atomic mass is 10.2. The molecule has 2 amide bonds. The molecule has 0 N–H and O–H groups in total. The van der Waals surface area contributed by atoms with Crippen LogP contribution in [0.1, 0.15) is 20.8 Å². The highest BCUT2D eigenvalue weighted by molar-refractivity contribution is 9.10. The maximum Gasteiger partial charge on any atom is 0.324 e. The lowest BCUT2D eigenvalue weighted by Gasteiger charge is -2.34. The summed E-state index contributed by atoms with van der Waals surface area (Å²) in [7, 11) is 0. The molecule has 0 atom stereocenters. The van der Waals surface area contributed by atoms with Crippen molar-refractivity contribution in [3.8, 4) is 0 Å². The van der Waals surface area contributed by atoms with Crippen LogP contribution in [0.4, 0.5) is 5.00 Å². The van der Waals surface area contributed by atoms with Gasteiger partial charge in [-0.3, -0.25) is 19.7 Å². The first-order chi connectivity index (χ1) is 13.8. The maximum atomic E-state index is 12.6. The smallest absolute Gasteiger partial charge is 0.324 e. The Morgan fingerprint density at radius 2 is 1.79 bits per heavy atom. The Labute approximate surface area is 185 Å². The van der Waals surface area contributed by atoms with Gasteiger partial charge in [-0.2, -0.15) is 0 Å². The Kier molecular flexibility index (Phi) is 6.97. The zero-order valence-corrected chi connectivity index (χ0v) is 19.2. The molecule has 1 aliphatic rings. The molecular weight excluding hydrogens is 478 g/mol. The highest BCUT2D eigenvalue weighted by Crippen LogP contribution is 2.29. The average Bonchev–Trinajstić information content (AvgIpc) is 3.19. The third-order valence-corrected chi connectivity index (χ3v) is 7.73. The lowest BCUT2D eigenvalue weighted by Crippen LogP contribution is -2.51. The first-order valence-corrected chi connectivity index (χ1v) is 11.6. The van der Waals surface area contributed by atoms with E-state index in [-0.39, 0.29) is 16.8 Å². The fourth-order valence-electron chi connectivity index (χ4n) is 3.00. The van der Waals surface area contributed by atoms with E-state index in [2.05, 4.69) is 28.1 Å². The molecule has 0 spiro atoms. The summed E-state index contributed by atoms with van der Waals surface area (Å²) in [5.74, 6) is 0.187. The third kappa shape index (κ3) is 5.18. The van der Waals surface area contributed by atoms with Gasteiger partial charge >= 0.3 is 5.00 Å². The van der Waals surface area contributed by atoms with E-state index in [4.69, 9.17) is 0 Å². The normalized spacial score (nSPS) is 14.2. The van der Waals surface area contributed by atoms with Crippen LogP contribution in [0.5, 0.6) is 0 Å². The first-order valence-electron chi connectivity index (χ1n) is 8.97. The number of nitro groups is 1. The minimum atomic E-state index is -0.496. The van der Waals surface area contributed by atoms with Crippen LogP contribution in [-0.4, -0.2) is 58.5 Å². The van der Waals surface area contributed by atoms with Crippen molar-refractivity contribution in [1.82, 2.24) is 9.80 Å². The van der Waals surface area contributed by atoms with Crippen molar-refractivity contribution in [3.05, 3.63) is 54.9 Å². The van der Waals surface area contributed by atoms with Crippen molar-refractivity contribution >= 4 is 55.8 Å². The SMILES string of the molecule is Cc1cc(SCC(=O)N2CCN(C(=O)c3ccc([N+](=O)[O-])s3)CC2)c(C)cc1Br. The monoisotopic (exact) mass is 497 g/mol. The van der Waals surface area contributed by atoms with Gasteiger partial charge in [0.1, 0.15) is 0 Å². The molecular formula is C19H20BrN3O4S2. The van der Waals surface area contributed by atoms with Gasteiger partial charge in [0.25, 0.3) is 5.91 Å². The second kappa shape index (κ2) is 9.27. The van der Waals surface area contributed by atoms with Gasteiger partial charge in [0.05, 0.1) is 15.6 Å². The molecule has 0 radical (unpaired) electrons. The second-order valence-corrected chi connectivity index (χ2v) is 9.66. The van der Waals surface area contributed by atoms with Crippen molar-refractivity contribution < 1.29 is 14.5 Å².